The van der Waals surface area contributed by atoms with Crippen molar-refractivity contribution < 1.29 is 5.11 Å². The average molecular weight is 374 g/mol. The molecule has 1 N–H and O–H groups in total. The monoisotopic (exact) mass is 375 g/mol. The summed E-state index contributed by atoms with van der Waals surface area (Å²) in [5.74, 6) is 0. The van der Waals surface area contributed by atoms with Crippen LogP contribution in [0.3, 0.4) is 0 Å². The van der Waals surface area contributed by atoms with Gasteiger partial charge in [-0.3, -0.25) is 0 Å². The van der Waals surface area contributed by atoms with E-state index in [9.17, 15) is 5.11 Å². The van der Waals surface area contributed by atoms with Crippen molar-refractivity contribution in [3.8, 4) is 0 Å². The Bertz CT molecular complexity index is 738. The molecule has 0 aliphatic carbocycles. The van der Waals surface area contributed by atoms with Crippen molar-refractivity contribution in [2.45, 2.75) is 17.3 Å². The number of hydrogen-bond donors (Lipinski definition) is 1. The molecule has 0 radical (unpaired) electrons. The Morgan fingerprint density at radius 3 is 2.59 bits per heavy atom. The molecule has 2 nitrogen and oxygen atoms in total. The fraction of sp³-hybridized carbons (Fsp3) is 0.167. The van der Waals surface area contributed by atoms with Crippen LogP contribution < -0.4 is 3.91 Å². The Hall–Kier alpha value is -1.45. The minimum atomic E-state index is -0.846. The van der Waals surface area contributed by atoms with E-state index in [-0.39, 0.29) is 15.0 Å². The number of fused-ring (bicyclic) bond motifs is 1. The molecule has 0 fully saturated rings. The summed E-state index contributed by atoms with van der Waals surface area (Å²) in [6, 6.07) is 18.1. The molecule has 0 aliphatic heterocycles. The topological polar surface area (TPSA) is 33.1 Å². The van der Waals surface area contributed by atoms with E-state index in [0.717, 1.165) is 15.0 Å². The first kappa shape index (κ1) is 15.4. The molecule has 2 aromatic carbocycles. The van der Waals surface area contributed by atoms with Crippen molar-refractivity contribution in [2.24, 2.45) is 0 Å². The van der Waals surface area contributed by atoms with Crippen molar-refractivity contribution >= 4 is 40.4 Å². The molecule has 3 rings (SSSR count). The number of nitrogens with zero attached hydrogens (tertiary/aromatic N) is 1. The van der Waals surface area contributed by atoms with Crippen LogP contribution in [0.15, 0.2) is 67.3 Å². The van der Waals surface area contributed by atoms with Crippen LogP contribution >= 0.6 is 11.3 Å². The summed E-state index contributed by atoms with van der Waals surface area (Å²) in [5, 5.41) is 11.7. The van der Waals surface area contributed by atoms with Crippen molar-refractivity contribution in [3.05, 3.63) is 72.8 Å². The predicted octanol–water partition coefficient (Wildman–Crippen LogP) is 3.51. The second-order valence-electron chi connectivity index (χ2n) is 5.13. The molecule has 0 amide bonds. The van der Waals surface area contributed by atoms with Crippen LogP contribution in [0.1, 0.15) is 12.0 Å². The van der Waals surface area contributed by atoms with Gasteiger partial charge in [0.25, 0.3) is 0 Å². The van der Waals surface area contributed by atoms with E-state index in [4.69, 9.17) is 0 Å². The first-order chi connectivity index (χ1) is 10.7. The third-order valence-electron chi connectivity index (χ3n) is 3.50. The number of benzene rings is 2. The van der Waals surface area contributed by atoms with Crippen molar-refractivity contribution in [3.63, 3.8) is 0 Å². The van der Waals surface area contributed by atoms with E-state index in [2.05, 4.69) is 17.6 Å². The normalized spacial score (nSPS) is 13.9. The predicted molar refractivity (Wildman–Crippen MR) is 95.0 cm³/mol. The maximum atomic E-state index is 11.0. The average Bonchev–Trinajstić information content (AvgIpc) is 2.97. The van der Waals surface area contributed by atoms with Crippen LogP contribution in [0.2, 0.25) is 5.32 Å². The molecule has 0 saturated carbocycles. The van der Waals surface area contributed by atoms with Crippen LogP contribution in [-0.2, 0) is 5.60 Å². The molecule has 1 aromatic heterocycles. The Morgan fingerprint density at radius 2 is 1.86 bits per heavy atom. The summed E-state index contributed by atoms with van der Waals surface area (Å²) in [6.45, 7) is 3.79. The van der Waals surface area contributed by atoms with Crippen LogP contribution in [0.25, 0.3) is 10.2 Å². The van der Waals surface area contributed by atoms with E-state index in [1.54, 1.807) is 17.4 Å². The molecule has 0 bridgehead atoms. The van der Waals surface area contributed by atoms with Gasteiger partial charge in [-0.2, -0.15) is 0 Å². The molecule has 112 valence electrons. The van der Waals surface area contributed by atoms with Crippen LogP contribution in [0, 0.1) is 0 Å². The summed E-state index contributed by atoms with van der Waals surface area (Å²) >= 11 is 1.87. The first-order valence-corrected chi connectivity index (χ1v) is 9.97. The minimum absolute atomic E-state index is 0.136. The Kier molecular flexibility index (Phi) is 4.74. The van der Waals surface area contributed by atoms with Crippen LogP contribution in [0.4, 0.5) is 0 Å². The summed E-state index contributed by atoms with van der Waals surface area (Å²) in [4.78, 5) is 4.68. The fourth-order valence-corrected chi connectivity index (χ4v) is 6.04. The number of para-hydroxylation sites is 1. The molecule has 22 heavy (non-hydrogen) atoms. The molecule has 0 spiro atoms. The van der Waals surface area contributed by atoms with Gasteiger partial charge in [-0.05, 0) is 0 Å². The van der Waals surface area contributed by atoms with E-state index in [0.29, 0.717) is 11.7 Å². The SMILES string of the molecule is C=CCC(O)(C[Se]c1nc2ccccc2s1)c1ccccc1. The van der Waals surface area contributed by atoms with Gasteiger partial charge in [-0.15, -0.1) is 0 Å². The van der Waals surface area contributed by atoms with Gasteiger partial charge in [0.2, 0.25) is 0 Å². The van der Waals surface area contributed by atoms with Crippen LogP contribution in [0.5, 0.6) is 0 Å². The molecule has 1 unspecified atom stereocenters. The third kappa shape index (κ3) is 3.31. The summed E-state index contributed by atoms with van der Waals surface area (Å²) < 4.78 is 2.35. The zero-order valence-electron chi connectivity index (χ0n) is 12.1. The Morgan fingerprint density at radius 1 is 1.14 bits per heavy atom. The number of rotatable bonds is 6. The number of hydrogen-bond acceptors (Lipinski definition) is 3. The fourth-order valence-electron chi connectivity index (χ4n) is 2.34. The Labute approximate surface area is 140 Å². The van der Waals surface area contributed by atoms with E-state index in [1.165, 1.54) is 4.70 Å². The van der Waals surface area contributed by atoms with Gasteiger partial charge in [-0.1, -0.05) is 0 Å². The van der Waals surface area contributed by atoms with Gasteiger partial charge in [0, 0.05) is 0 Å². The van der Waals surface area contributed by atoms with E-state index in [1.807, 2.05) is 48.5 Å². The van der Waals surface area contributed by atoms with E-state index < -0.39 is 5.60 Å². The molecule has 0 aliphatic rings. The van der Waals surface area contributed by atoms with Gasteiger partial charge in [0.15, 0.2) is 0 Å². The molecule has 4 heteroatoms. The van der Waals surface area contributed by atoms with Crippen molar-refractivity contribution in [2.75, 3.05) is 0 Å². The number of aromatic nitrogens is 1. The number of thiazole rings is 1. The van der Waals surface area contributed by atoms with Gasteiger partial charge >= 0.3 is 141 Å². The summed E-state index contributed by atoms with van der Waals surface area (Å²) in [7, 11) is 0. The molecular weight excluding hydrogens is 357 g/mol. The molecule has 1 atom stereocenters. The molecule has 1 heterocycles. The first-order valence-electron chi connectivity index (χ1n) is 7.08. The summed E-state index contributed by atoms with van der Waals surface area (Å²) in [6.07, 6.45) is 2.35. The zero-order chi connectivity index (χ0) is 15.4. The van der Waals surface area contributed by atoms with Gasteiger partial charge in [-0.25, -0.2) is 0 Å². The third-order valence-corrected chi connectivity index (χ3v) is 7.48. The van der Waals surface area contributed by atoms with Gasteiger partial charge in [0.05, 0.1) is 0 Å². The Balaban J connectivity index is 1.81. The molecular formula is C18H17NOSSe. The quantitative estimate of drug-likeness (QED) is 0.529. The van der Waals surface area contributed by atoms with Crippen molar-refractivity contribution in [1.29, 1.82) is 0 Å². The standard InChI is InChI=1S/C18H17NOSSe/c1-2-12-18(20,14-8-4-3-5-9-14)13-22-17-19-15-10-6-7-11-16(15)21-17/h2-11,20H,1,12-13H2. The molecule has 3 aromatic rings. The molecule has 0 saturated heterocycles. The van der Waals surface area contributed by atoms with Crippen molar-refractivity contribution in [1.82, 2.24) is 4.98 Å². The van der Waals surface area contributed by atoms with Gasteiger partial charge < -0.3 is 0 Å². The van der Waals surface area contributed by atoms with Gasteiger partial charge in [0.1, 0.15) is 0 Å². The second kappa shape index (κ2) is 6.76. The summed E-state index contributed by atoms with van der Waals surface area (Å²) in [5.41, 5.74) is 1.16. The van der Waals surface area contributed by atoms with E-state index >= 15 is 0 Å². The number of aliphatic hydroxyl groups is 1. The zero-order valence-corrected chi connectivity index (χ0v) is 14.6. The second-order valence-corrected chi connectivity index (χ2v) is 8.76. The maximum absolute atomic E-state index is 11.0. The van der Waals surface area contributed by atoms with Crippen LogP contribution in [-0.4, -0.2) is 25.0 Å².